The van der Waals surface area contributed by atoms with Gasteiger partial charge in [-0.15, -0.1) is 11.3 Å². The molecule has 122 valence electrons. The zero-order valence-corrected chi connectivity index (χ0v) is 14.0. The summed E-state index contributed by atoms with van der Waals surface area (Å²) in [6, 6.07) is 4.30. The third-order valence-corrected chi connectivity index (χ3v) is 5.34. The van der Waals surface area contributed by atoms with Gasteiger partial charge in [0.05, 0.1) is 6.54 Å². The minimum absolute atomic E-state index is 0.303. The van der Waals surface area contributed by atoms with E-state index in [9.17, 15) is 4.79 Å². The highest BCUT2D eigenvalue weighted by Crippen LogP contribution is 2.13. The van der Waals surface area contributed by atoms with Crippen LogP contribution in [0.25, 0.3) is 0 Å². The molecule has 6 heteroatoms. The molecular weight excluding hydrogens is 296 g/mol. The molecule has 0 bridgehead atoms. The van der Waals surface area contributed by atoms with E-state index in [1.165, 1.54) is 4.88 Å². The van der Waals surface area contributed by atoms with Crippen molar-refractivity contribution in [1.29, 1.82) is 0 Å². The minimum atomic E-state index is 0.303. The van der Waals surface area contributed by atoms with Gasteiger partial charge in [-0.25, -0.2) is 0 Å². The lowest BCUT2D eigenvalue weighted by atomic mass is 10.3. The molecule has 3 rings (SSSR count). The lowest BCUT2D eigenvalue weighted by Crippen LogP contribution is -2.51. The molecule has 1 N–H and O–H groups in total. The van der Waals surface area contributed by atoms with Crippen LogP contribution in [0.1, 0.15) is 11.3 Å². The number of hydrogen-bond acceptors (Lipinski definition) is 5. The Morgan fingerprint density at radius 3 is 2.73 bits per heavy atom. The average molecular weight is 322 g/mol. The molecule has 1 amide bonds. The van der Waals surface area contributed by atoms with Gasteiger partial charge in [0.1, 0.15) is 0 Å². The molecule has 0 radical (unpaired) electrons. The monoisotopic (exact) mass is 322 g/mol. The van der Waals surface area contributed by atoms with Gasteiger partial charge in [0, 0.05) is 50.7 Å². The molecule has 22 heavy (non-hydrogen) atoms. The second-order valence-electron chi connectivity index (χ2n) is 6.12. The van der Waals surface area contributed by atoms with E-state index < -0.39 is 0 Å². The zero-order valence-electron chi connectivity index (χ0n) is 13.2. The van der Waals surface area contributed by atoms with Crippen LogP contribution in [-0.2, 0) is 11.3 Å². The number of hydrogen-bond donors (Lipinski definition) is 1. The number of nitrogens with zero attached hydrogens (tertiary/aromatic N) is 3. The average Bonchev–Trinajstić information content (AvgIpc) is 2.91. The van der Waals surface area contributed by atoms with E-state index in [1.807, 2.05) is 16.2 Å². The minimum Gasteiger partial charge on any atom is -0.339 e. The van der Waals surface area contributed by atoms with Crippen molar-refractivity contribution in [2.45, 2.75) is 13.0 Å². The number of nitrogens with one attached hydrogen (secondary N) is 1. The molecule has 1 aromatic rings. The van der Waals surface area contributed by atoms with Crippen LogP contribution in [0, 0.1) is 0 Å². The second-order valence-corrected chi connectivity index (χ2v) is 7.15. The van der Waals surface area contributed by atoms with Gasteiger partial charge < -0.3 is 10.2 Å². The Labute approximate surface area is 136 Å². The Morgan fingerprint density at radius 1 is 1.09 bits per heavy atom. The van der Waals surface area contributed by atoms with Crippen molar-refractivity contribution in [3.05, 3.63) is 22.4 Å². The fraction of sp³-hybridized carbons (Fsp3) is 0.688. The van der Waals surface area contributed by atoms with E-state index in [2.05, 4.69) is 32.6 Å². The lowest BCUT2D eigenvalue weighted by Gasteiger charge is -2.35. The van der Waals surface area contributed by atoms with E-state index in [-0.39, 0.29) is 0 Å². The third kappa shape index (κ3) is 4.52. The molecule has 0 spiro atoms. The molecule has 2 aliphatic rings. The number of amides is 1. The van der Waals surface area contributed by atoms with E-state index in [1.54, 1.807) is 0 Å². The summed E-state index contributed by atoms with van der Waals surface area (Å²) in [7, 11) is 0. The molecule has 1 aromatic heterocycles. The molecule has 2 saturated heterocycles. The molecule has 5 nitrogen and oxygen atoms in total. The predicted molar refractivity (Wildman–Crippen MR) is 90.1 cm³/mol. The van der Waals surface area contributed by atoms with Gasteiger partial charge in [-0.2, -0.15) is 0 Å². The summed E-state index contributed by atoms with van der Waals surface area (Å²) >= 11 is 1.81. The molecule has 2 fully saturated rings. The number of thiophene rings is 1. The molecule has 0 aromatic carbocycles. The van der Waals surface area contributed by atoms with Crippen molar-refractivity contribution >= 4 is 17.2 Å². The van der Waals surface area contributed by atoms with Gasteiger partial charge in [-0.1, -0.05) is 6.07 Å². The number of piperazine rings is 1. The molecule has 2 aliphatic heterocycles. The normalized spacial score (nSPS) is 21.7. The first kappa shape index (κ1) is 15.9. The number of rotatable bonds is 4. The maximum absolute atomic E-state index is 12.4. The van der Waals surface area contributed by atoms with Gasteiger partial charge in [0.15, 0.2) is 0 Å². The Hall–Kier alpha value is -0.950. The summed E-state index contributed by atoms with van der Waals surface area (Å²) in [5.41, 5.74) is 0. The van der Waals surface area contributed by atoms with Crippen LogP contribution in [0.4, 0.5) is 0 Å². The van der Waals surface area contributed by atoms with Crippen molar-refractivity contribution < 1.29 is 4.79 Å². The van der Waals surface area contributed by atoms with Crippen LogP contribution < -0.4 is 5.32 Å². The number of carbonyl (C=O) groups excluding carboxylic acids is 1. The largest absolute Gasteiger partial charge is 0.339 e. The molecule has 3 heterocycles. The first-order valence-electron chi connectivity index (χ1n) is 8.27. The van der Waals surface area contributed by atoms with Crippen molar-refractivity contribution in [3.8, 4) is 0 Å². The Bertz CT molecular complexity index is 449. The first-order valence-corrected chi connectivity index (χ1v) is 9.15. The van der Waals surface area contributed by atoms with Crippen LogP contribution in [0.15, 0.2) is 17.5 Å². The standard InChI is InChI=1S/C16H26N4OS/c21-16(14-18-6-2-4-17-5-7-18)20-10-8-19(9-11-20)13-15-3-1-12-22-15/h1,3,12,17H,2,4-11,13-14H2. The van der Waals surface area contributed by atoms with Crippen LogP contribution in [-0.4, -0.2) is 79.5 Å². The molecular formula is C16H26N4OS. The fourth-order valence-corrected chi connectivity index (χ4v) is 3.88. The van der Waals surface area contributed by atoms with Crippen molar-refractivity contribution in [3.63, 3.8) is 0 Å². The Kier molecular flexibility index (Phi) is 5.83. The van der Waals surface area contributed by atoms with Crippen LogP contribution in [0.3, 0.4) is 0 Å². The van der Waals surface area contributed by atoms with E-state index in [4.69, 9.17) is 0 Å². The van der Waals surface area contributed by atoms with Crippen molar-refractivity contribution in [1.82, 2.24) is 20.0 Å². The zero-order chi connectivity index (χ0) is 15.2. The van der Waals surface area contributed by atoms with Crippen molar-refractivity contribution in [2.75, 3.05) is 58.9 Å². The van der Waals surface area contributed by atoms with Crippen LogP contribution in [0.5, 0.6) is 0 Å². The summed E-state index contributed by atoms with van der Waals surface area (Å²) in [5.74, 6) is 0.303. The van der Waals surface area contributed by atoms with Gasteiger partial charge in [-0.3, -0.25) is 14.6 Å². The Balaban J connectivity index is 1.41. The van der Waals surface area contributed by atoms with Crippen LogP contribution >= 0.6 is 11.3 Å². The SMILES string of the molecule is O=C(CN1CCCNCC1)N1CCN(Cc2cccs2)CC1. The topological polar surface area (TPSA) is 38.8 Å². The fourth-order valence-electron chi connectivity index (χ4n) is 3.13. The first-order chi connectivity index (χ1) is 10.8. The van der Waals surface area contributed by atoms with Gasteiger partial charge >= 0.3 is 0 Å². The predicted octanol–water partition coefficient (Wildman–Crippen LogP) is 0.688. The maximum Gasteiger partial charge on any atom is 0.236 e. The molecule has 0 aliphatic carbocycles. The Morgan fingerprint density at radius 2 is 1.95 bits per heavy atom. The van der Waals surface area contributed by atoms with E-state index in [0.29, 0.717) is 12.5 Å². The summed E-state index contributed by atoms with van der Waals surface area (Å²) in [4.78, 5) is 20.7. The lowest BCUT2D eigenvalue weighted by molar-refractivity contribution is -0.134. The highest BCUT2D eigenvalue weighted by Gasteiger charge is 2.23. The molecule has 0 atom stereocenters. The summed E-state index contributed by atoms with van der Waals surface area (Å²) < 4.78 is 0. The van der Waals surface area contributed by atoms with E-state index in [0.717, 1.165) is 65.3 Å². The summed E-state index contributed by atoms with van der Waals surface area (Å²) in [6.45, 7) is 9.45. The highest BCUT2D eigenvalue weighted by atomic mass is 32.1. The molecule has 0 unspecified atom stereocenters. The van der Waals surface area contributed by atoms with Gasteiger partial charge in [0.25, 0.3) is 0 Å². The summed E-state index contributed by atoms with van der Waals surface area (Å²) in [6.07, 6.45) is 1.14. The highest BCUT2D eigenvalue weighted by molar-refractivity contribution is 7.09. The maximum atomic E-state index is 12.4. The second kappa shape index (κ2) is 8.06. The quantitative estimate of drug-likeness (QED) is 0.885. The van der Waals surface area contributed by atoms with E-state index >= 15 is 0 Å². The van der Waals surface area contributed by atoms with Crippen LogP contribution in [0.2, 0.25) is 0 Å². The van der Waals surface area contributed by atoms with Gasteiger partial charge in [-0.05, 0) is 31.0 Å². The third-order valence-electron chi connectivity index (χ3n) is 4.48. The smallest absolute Gasteiger partial charge is 0.236 e. The van der Waals surface area contributed by atoms with Gasteiger partial charge in [0.2, 0.25) is 5.91 Å². The summed E-state index contributed by atoms with van der Waals surface area (Å²) in [5, 5.41) is 5.51. The molecule has 0 saturated carbocycles. The van der Waals surface area contributed by atoms with Crippen molar-refractivity contribution in [2.24, 2.45) is 0 Å². The number of carbonyl (C=O) groups is 1.